The van der Waals surface area contributed by atoms with Gasteiger partial charge >= 0.3 is 5.97 Å². The number of allylic oxidation sites excluding steroid dienone is 1. The van der Waals surface area contributed by atoms with E-state index >= 15 is 0 Å². The van der Waals surface area contributed by atoms with E-state index in [2.05, 4.69) is 16.6 Å². The highest BCUT2D eigenvalue weighted by Gasteiger charge is 2.00. The molecule has 0 spiro atoms. The van der Waals surface area contributed by atoms with Crippen molar-refractivity contribution < 1.29 is 9.53 Å². The van der Waals surface area contributed by atoms with E-state index in [0.717, 1.165) is 11.3 Å². The van der Waals surface area contributed by atoms with Gasteiger partial charge in [0, 0.05) is 5.70 Å². The minimum atomic E-state index is -0.303. The average Bonchev–Trinajstić information content (AvgIpc) is 2.36. The predicted octanol–water partition coefficient (Wildman–Crippen LogP) is 2.28. The normalized spacial score (nSPS) is 10.8. The molecule has 0 heterocycles. The van der Waals surface area contributed by atoms with Crippen molar-refractivity contribution in [2.75, 3.05) is 13.7 Å². The molecule has 3 nitrogen and oxygen atoms in total. The first-order valence-corrected chi connectivity index (χ1v) is 5.38. The second-order valence-electron chi connectivity index (χ2n) is 3.59. The molecular formula is C14H17NO2. The molecule has 0 unspecified atom stereocenters. The van der Waals surface area contributed by atoms with Gasteiger partial charge in [-0.1, -0.05) is 30.8 Å². The van der Waals surface area contributed by atoms with Gasteiger partial charge in [0.2, 0.25) is 0 Å². The summed E-state index contributed by atoms with van der Waals surface area (Å²) in [5.41, 5.74) is 3.07. The molecule has 0 saturated heterocycles. The van der Waals surface area contributed by atoms with Gasteiger partial charge in [-0.2, -0.15) is 0 Å². The van der Waals surface area contributed by atoms with E-state index in [9.17, 15) is 4.79 Å². The highest BCUT2D eigenvalue weighted by atomic mass is 16.5. The monoisotopic (exact) mass is 231 g/mol. The van der Waals surface area contributed by atoms with Crippen LogP contribution in [0.3, 0.4) is 0 Å². The molecule has 0 amide bonds. The van der Waals surface area contributed by atoms with Crippen LogP contribution in [0.2, 0.25) is 0 Å². The Morgan fingerprint density at radius 1 is 1.47 bits per heavy atom. The summed E-state index contributed by atoms with van der Waals surface area (Å²) in [4.78, 5) is 11.0. The van der Waals surface area contributed by atoms with Gasteiger partial charge in [-0.3, -0.25) is 4.79 Å². The lowest BCUT2D eigenvalue weighted by Crippen LogP contribution is -2.22. The first-order valence-electron chi connectivity index (χ1n) is 5.38. The van der Waals surface area contributed by atoms with Crippen molar-refractivity contribution in [2.45, 2.75) is 6.92 Å². The smallest absolute Gasteiger partial charge is 0.325 e. The van der Waals surface area contributed by atoms with Crippen LogP contribution >= 0.6 is 0 Å². The molecule has 1 rings (SSSR count). The summed E-state index contributed by atoms with van der Waals surface area (Å²) in [6.45, 7) is 5.88. The molecule has 1 aromatic carbocycles. The lowest BCUT2D eigenvalue weighted by molar-refractivity contribution is -0.139. The average molecular weight is 231 g/mol. The third kappa shape index (κ3) is 4.15. The quantitative estimate of drug-likeness (QED) is 0.624. The molecule has 0 fully saturated rings. The Balaban J connectivity index is 2.77. The summed E-state index contributed by atoms with van der Waals surface area (Å²) in [6.07, 6.45) is 3.63. The van der Waals surface area contributed by atoms with Crippen LogP contribution in [0.15, 0.2) is 42.6 Å². The van der Waals surface area contributed by atoms with Gasteiger partial charge < -0.3 is 10.1 Å². The van der Waals surface area contributed by atoms with Crippen molar-refractivity contribution in [3.63, 3.8) is 0 Å². The van der Waals surface area contributed by atoms with Gasteiger partial charge in [0.15, 0.2) is 0 Å². The maximum atomic E-state index is 11.0. The number of hydrogen-bond donors (Lipinski definition) is 1. The number of rotatable bonds is 5. The van der Waals surface area contributed by atoms with Gasteiger partial charge in [-0.25, -0.2) is 0 Å². The first kappa shape index (κ1) is 13.0. The third-order valence-electron chi connectivity index (χ3n) is 2.38. The lowest BCUT2D eigenvalue weighted by atomic mass is 10.1. The van der Waals surface area contributed by atoms with Crippen LogP contribution in [0.5, 0.6) is 0 Å². The molecule has 0 bridgehead atoms. The number of benzene rings is 1. The third-order valence-corrected chi connectivity index (χ3v) is 2.38. The second kappa shape index (κ2) is 6.53. The van der Waals surface area contributed by atoms with E-state index < -0.39 is 0 Å². The number of nitrogens with one attached hydrogen (secondary N) is 1. The zero-order valence-corrected chi connectivity index (χ0v) is 10.2. The van der Waals surface area contributed by atoms with Crippen LogP contribution in [0, 0.1) is 6.92 Å². The molecule has 1 aromatic rings. The number of carbonyl (C=O) groups excluding carboxylic acids is 1. The van der Waals surface area contributed by atoms with Crippen LogP contribution < -0.4 is 5.32 Å². The predicted molar refractivity (Wildman–Crippen MR) is 69.4 cm³/mol. The Morgan fingerprint density at radius 3 is 2.76 bits per heavy atom. The number of aryl methyl sites for hydroxylation is 1. The number of ether oxygens (including phenoxy) is 1. The van der Waals surface area contributed by atoms with Crippen LogP contribution in [-0.4, -0.2) is 19.6 Å². The molecule has 0 radical (unpaired) electrons. The number of hydrogen-bond acceptors (Lipinski definition) is 3. The van der Waals surface area contributed by atoms with Crippen LogP contribution in [-0.2, 0) is 9.53 Å². The van der Waals surface area contributed by atoms with Crippen molar-refractivity contribution in [2.24, 2.45) is 0 Å². The molecule has 0 saturated carbocycles. The fourth-order valence-corrected chi connectivity index (χ4v) is 1.34. The first-order chi connectivity index (χ1) is 8.17. The van der Waals surface area contributed by atoms with E-state index in [1.165, 1.54) is 12.7 Å². The number of esters is 1. The van der Waals surface area contributed by atoms with Crippen LogP contribution in [0.4, 0.5) is 0 Å². The van der Waals surface area contributed by atoms with Crippen LogP contribution in [0.1, 0.15) is 11.1 Å². The summed E-state index contributed by atoms with van der Waals surface area (Å²) in [7, 11) is 1.36. The Hall–Kier alpha value is -2.03. The Labute approximate surface area is 102 Å². The maximum absolute atomic E-state index is 11.0. The second-order valence-corrected chi connectivity index (χ2v) is 3.59. The van der Waals surface area contributed by atoms with Crippen molar-refractivity contribution >= 4 is 12.0 Å². The van der Waals surface area contributed by atoms with Gasteiger partial charge in [-0.05, 0) is 30.2 Å². The van der Waals surface area contributed by atoms with Gasteiger partial charge in [0.25, 0.3) is 0 Å². The Morgan fingerprint density at radius 2 is 2.18 bits per heavy atom. The molecule has 0 atom stereocenters. The zero-order valence-electron chi connectivity index (χ0n) is 10.2. The fourth-order valence-electron chi connectivity index (χ4n) is 1.34. The summed E-state index contributed by atoms with van der Waals surface area (Å²) < 4.78 is 4.56. The summed E-state index contributed by atoms with van der Waals surface area (Å²) in [6, 6.07) is 8.01. The summed E-state index contributed by atoms with van der Waals surface area (Å²) in [5.74, 6) is -0.303. The molecule has 0 aliphatic carbocycles. The minimum absolute atomic E-state index is 0.139. The Bertz CT molecular complexity index is 436. The van der Waals surface area contributed by atoms with Crippen molar-refractivity contribution in [3.8, 4) is 0 Å². The Kier molecular flexibility index (Phi) is 5.01. The lowest BCUT2D eigenvalue weighted by Gasteiger charge is -2.07. The molecule has 3 heteroatoms. The van der Waals surface area contributed by atoms with E-state index in [0.29, 0.717) is 0 Å². The van der Waals surface area contributed by atoms with Gasteiger partial charge in [0.05, 0.1) is 7.11 Å². The van der Waals surface area contributed by atoms with E-state index in [-0.39, 0.29) is 12.5 Å². The van der Waals surface area contributed by atoms with Gasteiger partial charge in [-0.15, -0.1) is 0 Å². The SMILES string of the molecule is C=C/C(=C/c1ccccc1C)NCC(=O)OC. The molecule has 1 N–H and O–H groups in total. The largest absolute Gasteiger partial charge is 0.468 e. The topological polar surface area (TPSA) is 38.3 Å². The molecular weight excluding hydrogens is 214 g/mol. The van der Waals surface area contributed by atoms with Crippen molar-refractivity contribution in [1.82, 2.24) is 5.32 Å². The van der Waals surface area contributed by atoms with E-state index in [4.69, 9.17) is 0 Å². The van der Waals surface area contributed by atoms with Crippen LogP contribution in [0.25, 0.3) is 6.08 Å². The van der Waals surface area contributed by atoms with Crippen molar-refractivity contribution in [3.05, 3.63) is 53.7 Å². The number of methoxy groups -OCH3 is 1. The van der Waals surface area contributed by atoms with Gasteiger partial charge in [0.1, 0.15) is 6.54 Å². The molecule has 0 aliphatic rings. The molecule has 90 valence electrons. The summed E-state index contributed by atoms with van der Waals surface area (Å²) in [5, 5.41) is 2.96. The maximum Gasteiger partial charge on any atom is 0.325 e. The molecule has 17 heavy (non-hydrogen) atoms. The molecule has 0 aliphatic heterocycles. The fraction of sp³-hybridized carbons (Fsp3) is 0.214. The zero-order chi connectivity index (χ0) is 12.7. The summed E-state index contributed by atoms with van der Waals surface area (Å²) >= 11 is 0. The van der Waals surface area contributed by atoms with E-state index in [1.54, 1.807) is 6.08 Å². The van der Waals surface area contributed by atoms with E-state index in [1.807, 2.05) is 37.3 Å². The highest BCUT2D eigenvalue weighted by Crippen LogP contribution is 2.11. The molecule has 0 aromatic heterocycles. The number of carbonyl (C=O) groups is 1. The highest BCUT2D eigenvalue weighted by molar-refractivity contribution is 5.72. The standard InChI is InChI=1S/C14H17NO2/c1-4-13(15-10-14(16)17-3)9-12-8-6-5-7-11(12)2/h4-9,15H,1,10H2,2-3H3/b13-9-. The minimum Gasteiger partial charge on any atom is -0.468 e. The van der Waals surface area contributed by atoms with Crippen molar-refractivity contribution in [1.29, 1.82) is 0 Å².